The number of H-pyrrole nitrogens is 1. The molecule has 1 aromatic heterocycles. The number of aromatic amines is 1. The molecule has 0 aliphatic carbocycles. The van der Waals surface area contributed by atoms with E-state index >= 15 is 0 Å². The van der Waals surface area contributed by atoms with Crippen LogP contribution in [0.5, 0.6) is 0 Å². The zero-order valence-corrected chi connectivity index (χ0v) is 14.0. The number of aromatic nitrogens is 2. The lowest BCUT2D eigenvalue weighted by molar-refractivity contribution is -0.0916. The van der Waals surface area contributed by atoms with E-state index < -0.39 is 5.60 Å². The van der Waals surface area contributed by atoms with E-state index in [1.54, 1.807) is 13.0 Å². The predicted molar refractivity (Wildman–Crippen MR) is 89.6 cm³/mol. The summed E-state index contributed by atoms with van der Waals surface area (Å²) in [6, 6.07) is 1.85. The van der Waals surface area contributed by atoms with Crippen molar-refractivity contribution in [3.8, 4) is 0 Å². The first-order chi connectivity index (χ1) is 11.1. The number of hydrogen-bond acceptors (Lipinski definition) is 5. The third kappa shape index (κ3) is 4.00. The van der Waals surface area contributed by atoms with Gasteiger partial charge in [0.05, 0.1) is 5.60 Å². The minimum Gasteiger partial charge on any atom is -0.387 e. The molecular formula is C17H28N4O2. The Morgan fingerprint density at radius 3 is 3.09 bits per heavy atom. The van der Waals surface area contributed by atoms with E-state index in [1.165, 1.54) is 12.8 Å². The van der Waals surface area contributed by atoms with Gasteiger partial charge in [-0.1, -0.05) is 6.42 Å². The molecule has 2 aliphatic rings. The SMILES string of the molecule is Cc1nc(CCNC[C@]2(O)CCCN3CCCC[C@@H]32)cc(=O)[nH]1. The van der Waals surface area contributed by atoms with Gasteiger partial charge in [-0.15, -0.1) is 0 Å². The Morgan fingerprint density at radius 1 is 1.43 bits per heavy atom. The number of hydrogen-bond donors (Lipinski definition) is 3. The Bertz CT molecular complexity index is 586. The second kappa shape index (κ2) is 7.11. The molecule has 3 heterocycles. The van der Waals surface area contributed by atoms with Crippen molar-refractivity contribution in [2.45, 2.75) is 57.1 Å². The number of aryl methyl sites for hydroxylation is 1. The molecule has 1 aromatic rings. The van der Waals surface area contributed by atoms with Crippen molar-refractivity contribution in [1.29, 1.82) is 0 Å². The molecule has 2 aliphatic heterocycles. The summed E-state index contributed by atoms with van der Waals surface area (Å²) >= 11 is 0. The average molecular weight is 320 g/mol. The summed E-state index contributed by atoms with van der Waals surface area (Å²) in [6.07, 6.45) is 6.24. The van der Waals surface area contributed by atoms with Gasteiger partial charge in [-0.3, -0.25) is 9.69 Å². The third-order valence-corrected chi connectivity index (χ3v) is 5.19. The number of fused-ring (bicyclic) bond motifs is 1. The van der Waals surface area contributed by atoms with E-state index in [0.717, 1.165) is 44.6 Å². The van der Waals surface area contributed by atoms with Crippen molar-refractivity contribution >= 4 is 0 Å². The Balaban J connectivity index is 1.52. The van der Waals surface area contributed by atoms with Crippen LogP contribution in [0.1, 0.15) is 43.6 Å². The molecule has 128 valence electrons. The fourth-order valence-electron chi connectivity index (χ4n) is 4.12. The van der Waals surface area contributed by atoms with Crippen LogP contribution < -0.4 is 10.9 Å². The van der Waals surface area contributed by atoms with Gasteiger partial charge in [0.2, 0.25) is 0 Å². The molecule has 0 amide bonds. The molecular weight excluding hydrogens is 292 g/mol. The molecule has 2 fully saturated rings. The van der Waals surface area contributed by atoms with Gasteiger partial charge < -0.3 is 15.4 Å². The van der Waals surface area contributed by atoms with E-state index in [9.17, 15) is 9.90 Å². The third-order valence-electron chi connectivity index (χ3n) is 5.19. The van der Waals surface area contributed by atoms with Crippen molar-refractivity contribution in [3.63, 3.8) is 0 Å². The Morgan fingerprint density at radius 2 is 2.26 bits per heavy atom. The lowest BCUT2D eigenvalue weighted by Gasteiger charge is -2.49. The van der Waals surface area contributed by atoms with Crippen LogP contribution in [0.3, 0.4) is 0 Å². The van der Waals surface area contributed by atoms with Crippen LogP contribution in [0.2, 0.25) is 0 Å². The zero-order valence-electron chi connectivity index (χ0n) is 14.0. The first kappa shape index (κ1) is 16.6. The largest absolute Gasteiger partial charge is 0.387 e. The second-order valence-corrected chi connectivity index (χ2v) is 7.00. The highest BCUT2D eigenvalue weighted by molar-refractivity contribution is 5.03. The molecule has 6 nitrogen and oxygen atoms in total. The monoisotopic (exact) mass is 320 g/mol. The maximum atomic E-state index is 11.4. The molecule has 3 rings (SSSR count). The maximum absolute atomic E-state index is 11.4. The minimum atomic E-state index is -0.615. The van der Waals surface area contributed by atoms with E-state index in [0.29, 0.717) is 24.8 Å². The van der Waals surface area contributed by atoms with Gasteiger partial charge in [0.1, 0.15) is 5.82 Å². The first-order valence-corrected chi connectivity index (χ1v) is 8.81. The van der Waals surface area contributed by atoms with E-state index in [4.69, 9.17) is 0 Å². The average Bonchev–Trinajstić information content (AvgIpc) is 2.51. The number of nitrogens with zero attached hydrogens (tertiary/aromatic N) is 2. The molecule has 0 unspecified atom stereocenters. The normalized spacial score (nSPS) is 28.5. The smallest absolute Gasteiger partial charge is 0.251 e. The minimum absolute atomic E-state index is 0.101. The van der Waals surface area contributed by atoms with Crippen LogP contribution in [0.4, 0.5) is 0 Å². The second-order valence-electron chi connectivity index (χ2n) is 7.00. The van der Waals surface area contributed by atoms with Crippen LogP contribution in [0.15, 0.2) is 10.9 Å². The molecule has 0 aromatic carbocycles. The molecule has 3 N–H and O–H groups in total. The van der Waals surface area contributed by atoms with Crippen LogP contribution in [0, 0.1) is 6.92 Å². The van der Waals surface area contributed by atoms with Crippen LogP contribution in [-0.4, -0.2) is 57.8 Å². The van der Waals surface area contributed by atoms with Gasteiger partial charge in [-0.25, -0.2) is 4.98 Å². The molecule has 2 saturated heterocycles. The molecule has 6 heteroatoms. The molecule has 2 atom stereocenters. The summed E-state index contributed by atoms with van der Waals surface area (Å²) in [7, 11) is 0. The van der Waals surface area contributed by atoms with Gasteiger partial charge >= 0.3 is 0 Å². The highest BCUT2D eigenvalue weighted by Crippen LogP contribution is 2.33. The number of piperidine rings is 2. The standard InChI is InChI=1S/C17H28N4O2/c1-13-19-14(11-16(22)20-13)6-8-18-12-17(23)7-4-10-21-9-3-2-5-15(17)21/h11,15,18,23H,2-10,12H2,1H3,(H,19,20,22)/t15-,17-/m1/s1. The summed E-state index contributed by atoms with van der Waals surface area (Å²) in [6.45, 7) is 5.40. The van der Waals surface area contributed by atoms with Crippen molar-refractivity contribution in [2.24, 2.45) is 0 Å². The number of aliphatic hydroxyl groups is 1. The summed E-state index contributed by atoms with van der Waals surface area (Å²) in [5.74, 6) is 0.649. The molecule has 0 radical (unpaired) electrons. The quantitative estimate of drug-likeness (QED) is 0.692. The van der Waals surface area contributed by atoms with Gasteiger partial charge in [0, 0.05) is 37.3 Å². The summed E-state index contributed by atoms with van der Waals surface area (Å²) in [5, 5.41) is 14.5. The van der Waals surface area contributed by atoms with Crippen molar-refractivity contribution in [3.05, 3.63) is 27.9 Å². The summed E-state index contributed by atoms with van der Waals surface area (Å²) < 4.78 is 0. The Labute approximate surface area is 137 Å². The van der Waals surface area contributed by atoms with Crippen LogP contribution >= 0.6 is 0 Å². The molecule has 0 saturated carbocycles. The summed E-state index contributed by atoms with van der Waals surface area (Å²) in [5.41, 5.74) is 0.0841. The Kier molecular flexibility index (Phi) is 5.14. The lowest BCUT2D eigenvalue weighted by atomic mass is 9.79. The van der Waals surface area contributed by atoms with Gasteiger partial charge in [0.25, 0.3) is 5.56 Å². The highest BCUT2D eigenvalue weighted by Gasteiger charge is 2.43. The predicted octanol–water partition coefficient (Wildman–Crippen LogP) is 0.590. The van der Waals surface area contributed by atoms with E-state index in [-0.39, 0.29) is 5.56 Å². The lowest BCUT2D eigenvalue weighted by Crippen LogP contribution is -2.62. The van der Waals surface area contributed by atoms with Gasteiger partial charge in [-0.2, -0.15) is 0 Å². The van der Waals surface area contributed by atoms with Gasteiger partial charge in [-0.05, 0) is 45.7 Å². The summed E-state index contributed by atoms with van der Waals surface area (Å²) in [4.78, 5) is 20.9. The highest BCUT2D eigenvalue weighted by atomic mass is 16.3. The number of rotatable bonds is 5. The van der Waals surface area contributed by atoms with Crippen molar-refractivity contribution in [1.82, 2.24) is 20.2 Å². The number of nitrogens with one attached hydrogen (secondary N) is 2. The van der Waals surface area contributed by atoms with E-state index in [1.807, 2.05) is 0 Å². The van der Waals surface area contributed by atoms with Crippen LogP contribution in [-0.2, 0) is 6.42 Å². The van der Waals surface area contributed by atoms with Crippen LogP contribution in [0.25, 0.3) is 0 Å². The van der Waals surface area contributed by atoms with Gasteiger partial charge in [0.15, 0.2) is 0 Å². The zero-order chi connectivity index (χ0) is 16.3. The molecule has 0 spiro atoms. The van der Waals surface area contributed by atoms with E-state index in [2.05, 4.69) is 20.2 Å². The topological polar surface area (TPSA) is 81.2 Å². The molecule has 23 heavy (non-hydrogen) atoms. The first-order valence-electron chi connectivity index (χ1n) is 8.81. The maximum Gasteiger partial charge on any atom is 0.251 e. The fourth-order valence-corrected chi connectivity index (χ4v) is 4.12. The Hall–Kier alpha value is -1.24. The van der Waals surface area contributed by atoms with Crippen molar-refractivity contribution < 1.29 is 5.11 Å². The molecule has 0 bridgehead atoms. The fraction of sp³-hybridized carbons (Fsp3) is 0.765. The van der Waals surface area contributed by atoms with Crippen molar-refractivity contribution in [2.75, 3.05) is 26.2 Å².